The van der Waals surface area contributed by atoms with Crippen molar-refractivity contribution in [2.75, 3.05) is 0 Å². The third-order valence-corrected chi connectivity index (χ3v) is 4.79. The maximum atomic E-state index is 12.9. The summed E-state index contributed by atoms with van der Waals surface area (Å²) in [5.41, 5.74) is 11.1. The highest BCUT2D eigenvalue weighted by Gasteiger charge is 2.33. The molecule has 15 heteroatoms. The molecule has 1 aromatic heterocycles. The Balaban J connectivity index is 3.01. The summed E-state index contributed by atoms with van der Waals surface area (Å²) in [6.07, 6.45) is -0.641. The number of aliphatic carboxylic acids is 1. The van der Waals surface area contributed by atoms with E-state index in [1.54, 1.807) is 0 Å². The first kappa shape index (κ1) is 28.5. The molecule has 0 fully saturated rings. The van der Waals surface area contributed by atoms with Crippen LogP contribution in [-0.2, 0) is 30.4 Å². The van der Waals surface area contributed by atoms with Crippen molar-refractivity contribution in [2.24, 2.45) is 11.5 Å². The van der Waals surface area contributed by atoms with E-state index in [0.29, 0.717) is 5.69 Å². The summed E-state index contributed by atoms with van der Waals surface area (Å²) in [7, 11) is 0. The number of nitrogens with two attached hydrogens (primary N) is 2. The van der Waals surface area contributed by atoms with E-state index in [9.17, 15) is 39.3 Å². The molecule has 1 rings (SSSR count). The van der Waals surface area contributed by atoms with Crippen LogP contribution in [0.4, 0.5) is 0 Å². The Hall–Kier alpha value is -3.56. The third-order valence-electron chi connectivity index (χ3n) is 4.79. The standard InChI is InChI=1S/C19H31N7O8/c1-8(27)14(21)17(31)25-12(5-10-6-22-7-23-10)16(30)26-15(9(2)28)18(32)24-11(19(33)34)3-4-13(20)29/h6-9,11-12,14-15,27-28H,3-5,21H2,1-2H3,(H2,20,29)(H,22,23)(H,24,32)(H,25,31)(H,26,30)(H,33,34). The number of aliphatic hydroxyl groups is 2. The molecule has 0 aliphatic rings. The SMILES string of the molecule is CC(O)C(N)C(=O)NC(Cc1cnc[nH]1)C(=O)NC(C(=O)NC(CCC(N)=O)C(=O)O)C(C)O. The van der Waals surface area contributed by atoms with Gasteiger partial charge in [0.2, 0.25) is 23.6 Å². The molecule has 0 saturated carbocycles. The minimum Gasteiger partial charge on any atom is -0.480 e. The number of aromatic nitrogens is 2. The lowest BCUT2D eigenvalue weighted by atomic mass is 10.1. The summed E-state index contributed by atoms with van der Waals surface area (Å²) in [5, 5.41) is 35.6. The maximum absolute atomic E-state index is 12.9. The zero-order chi connectivity index (χ0) is 26.0. The molecule has 0 radical (unpaired) electrons. The maximum Gasteiger partial charge on any atom is 0.326 e. The van der Waals surface area contributed by atoms with Crippen molar-refractivity contribution in [3.8, 4) is 0 Å². The Bertz CT molecular complexity index is 859. The fourth-order valence-electron chi connectivity index (χ4n) is 2.78. The molecule has 1 heterocycles. The van der Waals surface area contributed by atoms with Crippen LogP contribution >= 0.6 is 0 Å². The van der Waals surface area contributed by atoms with Gasteiger partial charge in [-0.25, -0.2) is 9.78 Å². The second-order valence-electron chi connectivity index (χ2n) is 7.74. The first-order chi connectivity index (χ1) is 15.8. The predicted molar refractivity (Wildman–Crippen MR) is 115 cm³/mol. The van der Waals surface area contributed by atoms with Gasteiger partial charge < -0.3 is 47.7 Å². The van der Waals surface area contributed by atoms with Crippen molar-refractivity contribution in [2.45, 2.75) is 69.5 Å². The first-order valence-electron chi connectivity index (χ1n) is 10.3. The van der Waals surface area contributed by atoms with Crippen molar-refractivity contribution >= 4 is 29.6 Å². The van der Waals surface area contributed by atoms with Crippen LogP contribution < -0.4 is 27.4 Å². The van der Waals surface area contributed by atoms with Gasteiger partial charge >= 0.3 is 5.97 Å². The quantitative estimate of drug-likeness (QED) is 0.123. The van der Waals surface area contributed by atoms with Gasteiger partial charge in [-0.1, -0.05) is 0 Å². The molecule has 0 saturated heterocycles. The van der Waals surface area contributed by atoms with Gasteiger partial charge in [-0.15, -0.1) is 0 Å². The summed E-state index contributed by atoms with van der Waals surface area (Å²) in [6.45, 7) is 2.48. The smallest absolute Gasteiger partial charge is 0.326 e. The number of nitrogens with one attached hydrogen (secondary N) is 4. The van der Waals surface area contributed by atoms with E-state index in [2.05, 4.69) is 25.9 Å². The number of amides is 4. The largest absolute Gasteiger partial charge is 0.480 e. The molecular weight excluding hydrogens is 454 g/mol. The topological polar surface area (TPSA) is 263 Å². The van der Waals surface area contributed by atoms with Gasteiger partial charge in [0.05, 0.1) is 18.5 Å². The van der Waals surface area contributed by atoms with E-state index in [1.807, 2.05) is 0 Å². The molecule has 6 unspecified atom stereocenters. The second-order valence-corrected chi connectivity index (χ2v) is 7.74. The number of carboxylic acid groups (broad SMARTS) is 1. The number of carbonyl (C=O) groups is 5. The summed E-state index contributed by atoms with van der Waals surface area (Å²) < 4.78 is 0. The van der Waals surface area contributed by atoms with Crippen LogP contribution in [-0.4, -0.2) is 91.3 Å². The molecule has 1 aromatic rings. The fourth-order valence-corrected chi connectivity index (χ4v) is 2.78. The zero-order valence-electron chi connectivity index (χ0n) is 18.7. The molecule has 0 bridgehead atoms. The Morgan fingerprint density at radius 3 is 2.09 bits per heavy atom. The van der Waals surface area contributed by atoms with E-state index in [0.717, 1.165) is 0 Å². The predicted octanol–water partition coefficient (Wildman–Crippen LogP) is -4.15. The van der Waals surface area contributed by atoms with Crippen molar-refractivity contribution in [1.82, 2.24) is 25.9 Å². The summed E-state index contributed by atoms with van der Waals surface area (Å²) in [4.78, 5) is 66.7. The number of rotatable bonds is 14. The molecule has 34 heavy (non-hydrogen) atoms. The minimum absolute atomic E-state index is 0.103. The number of carboxylic acids is 1. The van der Waals surface area contributed by atoms with Crippen molar-refractivity contribution < 1.29 is 39.3 Å². The van der Waals surface area contributed by atoms with Crippen LogP contribution in [0.2, 0.25) is 0 Å². The van der Waals surface area contributed by atoms with Crippen LogP contribution in [0.15, 0.2) is 12.5 Å². The van der Waals surface area contributed by atoms with Crippen molar-refractivity contribution in [3.05, 3.63) is 18.2 Å². The molecule has 15 nitrogen and oxygen atoms in total. The average Bonchev–Trinajstić information content (AvgIpc) is 3.25. The van der Waals surface area contributed by atoms with E-state index in [1.165, 1.54) is 26.4 Å². The second kappa shape index (κ2) is 13.2. The number of H-pyrrole nitrogens is 1. The number of nitrogens with zero attached hydrogens (tertiary/aromatic N) is 1. The molecule has 0 aliphatic carbocycles. The van der Waals surface area contributed by atoms with Gasteiger partial charge in [0.15, 0.2) is 0 Å². The number of primary amides is 1. The van der Waals surface area contributed by atoms with Crippen LogP contribution in [0, 0.1) is 0 Å². The van der Waals surface area contributed by atoms with Crippen molar-refractivity contribution in [3.63, 3.8) is 0 Å². The number of hydrogen-bond acceptors (Lipinski definition) is 9. The summed E-state index contributed by atoms with van der Waals surface area (Å²) >= 11 is 0. The average molecular weight is 485 g/mol. The lowest BCUT2D eigenvalue weighted by Gasteiger charge is -2.26. The summed E-state index contributed by atoms with van der Waals surface area (Å²) in [6, 6.07) is -5.73. The first-order valence-corrected chi connectivity index (χ1v) is 10.3. The molecule has 190 valence electrons. The third kappa shape index (κ3) is 9.13. The number of aromatic amines is 1. The summed E-state index contributed by atoms with van der Waals surface area (Å²) in [5.74, 6) is -4.99. The van der Waals surface area contributed by atoms with Gasteiger partial charge in [0.25, 0.3) is 0 Å². The zero-order valence-corrected chi connectivity index (χ0v) is 18.7. The highest BCUT2D eigenvalue weighted by atomic mass is 16.4. The number of aliphatic hydroxyl groups excluding tert-OH is 2. The van der Waals surface area contributed by atoms with E-state index in [-0.39, 0.29) is 19.3 Å². The monoisotopic (exact) mass is 485 g/mol. The minimum atomic E-state index is -1.60. The number of carbonyl (C=O) groups excluding carboxylic acids is 4. The highest BCUT2D eigenvalue weighted by Crippen LogP contribution is 2.04. The van der Waals surface area contributed by atoms with E-state index < -0.39 is 66.0 Å². The van der Waals surface area contributed by atoms with Crippen LogP contribution in [0.3, 0.4) is 0 Å². The van der Waals surface area contributed by atoms with Gasteiger partial charge in [-0.2, -0.15) is 0 Å². The number of imidazole rings is 1. The molecule has 0 spiro atoms. The van der Waals surface area contributed by atoms with Gasteiger partial charge in [0.1, 0.15) is 24.2 Å². The van der Waals surface area contributed by atoms with Crippen LogP contribution in [0.25, 0.3) is 0 Å². The van der Waals surface area contributed by atoms with Crippen molar-refractivity contribution in [1.29, 1.82) is 0 Å². The number of hydrogen-bond donors (Lipinski definition) is 9. The van der Waals surface area contributed by atoms with Gasteiger partial charge in [-0.3, -0.25) is 19.2 Å². The van der Waals surface area contributed by atoms with Gasteiger partial charge in [0, 0.05) is 24.7 Å². The van der Waals surface area contributed by atoms with E-state index >= 15 is 0 Å². The normalized spacial score (nSPS) is 16.3. The van der Waals surface area contributed by atoms with Gasteiger partial charge in [-0.05, 0) is 20.3 Å². The lowest BCUT2D eigenvalue weighted by molar-refractivity contribution is -0.143. The molecule has 6 atom stereocenters. The highest BCUT2D eigenvalue weighted by molar-refractivity contribution is 5.94. The molecule has 0 aromatic carbocycles. The fraction of sp³-hybridized carbons (Fsp3) is 0.579. The Kier molecular flexibility index (Phi) is 11.1. The molecular formula is C19H31N7O8. The van der Waals surface area contributed by atoms with Crippen LogP contribution in [0.5, 0.6) is 0 Å². The lowest BCUT2D eigenvalue weighted by Crippen LogP contribution is -2.60. The van der Waals surface area contributed by atoms with E-state index in [4.69, 9.17) is 11.5 Å². The Morgan fingerprint density at radius 2 is 1.62 bits per heavy atom. The Labute approximate surface area is 194 Å². The molecule has 0 aliphatic heterocycles. The molecule has 4 amide bonds. The molecule has 11 N–H and O–H groups in total. The van der Waals surface area contributed by atoms with Crippen LogP contribution in [0.1, 0.15) is 32.4 Å². The Morgan fingerprint density at radius 1 is 1.00 bits per heavy atom.